The first-order valence-corrected chi connectivity index (χ1v) is 13.7. The Bertz CT molecular complexity index is 1140. The number of aliphatic hydroxyl groups is 2. The fraction of sp³-hybridized carbons (Fsp3) is 0.633. The van der Waals surface area contributed by atoms with Crippen LogP contribution in [0.5, 0.6) is 0 Å². The van der Waals surface area contributed by atoms with E-state index in [2.05, 4.69) is 6.92 Å². The Balaban J connectivity index is 1.27. The van der Waals surface area contributed by atoms with Gasteiger partial charge < -0.3 is 20.7 Å². The third-order valence-electron chi connectivity index (χ3n) is 10.5. The number of esters is 1. The molecule has 0 bridgehead atoms. The maximum atomic E-state index is 13.4. The van der Waals surface area contributed by atoms with Crippen LogP contribution < -0.4 is 5.73 Å². The molecule has 0 heterocycles. The topological polar surface area (TPSA) is 127 Å². The largest absolute Gasteiger partial charge is 0.458 e. The van der Waals surface area contributed by atoms with E-state index in [4.69, 9.17) is 10.5 Å². The highest BCUT2D eigenvalue weighted by Gasteiger charge is 2.68. The van der Waals surface area contributed by atoms with Crippen molar-refractivity contribution in [1.29, 1.82) is 0 Å². The Kier molecular flexibility index (Phi) is 6.60. The molecule has 3 saturated carbocycles. The van der Waals surface area contributed by atoms with Crippen LogP contribution >= 0.6 is 0 Å². The highest BCUT2D eigenvalue weighted by Crippen LogP contribution is 2.67. The molecule has 200 valence electrons. The molecule has 37 heavy (non-hydrogen) atoms. The van der Waals surface area contributed by atoms with Crippen LogP contribution in [0.2, 0.25) is 0 Å². The predicted octanol–water partition coefficient (Wildman–Crippen LogP) is 3.55. The molecule has 1 aromatic carbocycles. The zero-order chi connectivity index (χ0) is 26.6. The van der Waals surface area contributed by atoms with Crippen molar-refractivity contribution in [3.63, 3.8) is 0 Å². The Labute approximate surface area is 218 Å². The number of ether oxygens (including phenoxy) is 1. The number of benzene rings is 1. The van der Waals surface area contributed by atoms with Crippen LogP contribution in [0.25, 0.3) is 0 Å². The van der Waals surface area contributed by atoms with Gasteiger partial charge in [0.2, 0.25) is 5.78 Å². The average molecular weight is 510 g/mol. The summed E-state index contributed by atoms with van der Waals surface area (Å²) in [5, 5.41) is 23.3. The number of aliphatic hydroxyl groups excluding tert-OH is 1. The van der Waals surface area contributed by atoms with Crippen molar-refractivity contribution < 1.29 is 29.3 Å². The van der Waals surface area contributed by atoms with Gasteiger partial charge in [0.05, 0.1) is 6.10 Å². The molecule has 1 aromatic rings. The number of para-hydroxylation sites is 1. The number of anilines is 1. The lowest BCUT2D eigenvalue weighted by atomic mass is 9.45. The number of carbonyl (C=O) groups excluding carboxylic acids is 3. The molecule has 0 spiro atoms. The summed E-state index contributed by atoms with van der Waals surface area (Å²) in [4.78, 5) is 37.8. The summed E-state index contributed by atoms with van der Waals surface area (Å²) in [6.45, 7) is 3.64. The minimum absolute atomic E-state index is 0.0133. The van der Waals surface area contributed by atoms with Gasteiger partial charge in [0.1, 0.15) is 5.60 Å². The number of allylic oxidation sites excluding steroid dienone is 1. The second kappa shape index (κ2) is 9.35. The van der Waals surface area contributed by atoms with Gasteiger partial charge in [-0.2, -0.15) is 0 Å². The van der Waals surface area contributed by atoms with Gasteiger partial charge in [-0.1, -0.05) is 37.6 Å². The van der Waals surface area contributed by atoms with Gasteiger partial charge in [0, 0.05) is 23.9 Å². The lowest BCUT2D eigenvalue weighted by Crippen LogP contribution is -2.62. The third-order valence-corrected chi connectivity index (χ3v) is 10.5. The first-order valence-electron chi connectivity index (χ1n) is 13.7. The van der Waals surface area contributed by atoms with Gasteiger partial charge in [-0.25, -0.2) is 0 Å². The van der Waals surface area contributed by atoms with Crippen molar-refractivity contribution in [2.75, 3.05) is 12.3 Å². The zero-order valence-electron chi connectivity index (χ0n) is 21.9. The van der Waals surface area contributed by atoms with E-state index in [0.29, 0.717) is 37.8 Å². The number of hydrogen-bond donors (Lipinski definition) is 3. The number of ketones is 2. The summed E-state index contributed by atoms with van der Waals surface area (Å²) in [7, 11) is 0. The molecule has 4 N–H and O–H groups in total. The van der Waals surface area contributed by atoms with Crippen molar-refractivity contribution in [3.05, 3.63) is 41.5 Å². The molecule has 0 amide bonds. The van der Waals surface area contributed by atoms with E-state index in [-0.39, 0.29) is 35.4 Å². The standard InChI is InChI=1S/C30H39NO6/c1-28-13-11-20(32)15-19(28)8-9-21-22-12-14-30(36,29(22,2)16-24(33)27(21)28)25(34)17-37-26(35)10-7-18-5-3-4-6-23(18)31/h3-6,15,21-22,24,27,33,36H,7-14,16-17,31H2,1-2H3. The lowest BCUT2D eigenvalue weighted by Gasteiger charge is -2.60. The van der Waals surface area contributed by atoms with E-state index < -0.39 is 35.5 Å². The summed E-state index contributed by atoms with van der Waals surface area (Å²) in [6.07, 6.45) is 5.87. The molecule has 7 nitrogen and oxygen atoms in total. The Morgan fingerprint density at radius 1 is 1.14 bits per heavy atom. The SMILES string of the molecule is CC12CCC(=O)C=C1CCC1C2C(O)CC2(C)C1CCC2(O)C(=O)COC(=O)CCc1ccccc1N. The Morgan fingerprint density at radius 2 is 1.89 bits per heavy atom. The molecule has 0 radical (unpaired) electrons. The number of Topliss-reactive ketones (excluding diaryl/α,β-unsaturated/α-hetero) is 1. The van der Waals surface area contributed by atoms with Crippen molar-refractivity contribution in [2.45, 2.75) is 83.3 Å². The normalized spacial score (nSPS) is 38.7. The van der Waals surface area contributed by atoms with Crippen LogP contribution in [0.15, 0.2) is 35.9 Å². The molecule has 3 fully saturated rings. The number of nitrogen functional groups attached to an aromatic ring is 1. The van der Waals surface area contributed by atoms with Gasteiger partial charge in [0.15, 0.2) is 12.4 Å². The fourth-order valence-corrected chi connectivity index (χ4v) is 8.49. The smallest absolute Gasteiger partial charge is 0.306 e. The molecule has 0 saturated heterocycles. The molecule has 4 aliphatic carbocycles. The minimum atomic E-state index is -1.65. The third kappa shape index (κ3) is 4.15. The van der Waals surface area contributed by atoms with Crippen molar-refractivity contribution in [3.8, 4) is 0 Å². The molecule has 7 unspecified atom stereocenters. The van der Waals surface area contributed by atoms with E-state index >= 15 is 0 Å². The maximum absolute atomic E-state index is 13.4. The van der Waals surface area contributed by atoms with Crippen LogP contribution in [0.4, 0.5) is 5.69 Å². The first-order chi connectivity index (χ1) is 17.5. The van der Waals surface area contributed by atoms with Crippen LogP contribution in [-0.4, -0.2) is 46.1 Å². The maximum Gasteiger partial charge on any atom is 0.306 e. The zero-order valence-corrected chi connectivity index (χ0v) is 21.9. The van der Waals surface area contributed by atoms with E-state index in [0.717, 1.165) is 30.4 Å². The number of nitrogens with two attached hydrogens (primary N) is 1. The number of hydrogen-bond acceptors (Lipinski definition) is 7. The van der Waals surface area contributed by atoms with Crippen molar-refractivity contribution in [2.24, 2.45) is 28.6 Å². The molecule has 5 rings (SSSR count). The quantitative estimate of drug-likeness (QED) is 0.395. The molecule has 7 heteroatoms. The summed E-state index contributed by atoms with van der Waals surface area (Å²) in [6, 6.07) is 7.31. The van der Waals surface area contributed by atoms with Crippen LogP contribution in [0.1, 0.15) is 70.8 Å². The highest BCUT2D eigenvalue weighted by atomic mass is 16.5. The lowest BCUT2D eigenvalue weighted by molar-refractivity contribution is -0.184. The van der Waals surface area contributed by atoms with E-state index in [9.17, 15) is 24.6 Å². The molecule has 0 aliphatic heterocycles. The number of rotatable bonds is 6. The van der Waals surface area contributed by atoms with Crippen LogP contribution in [0.3, 0.4) is 0 Å². The second-order valence-electron chi connectivity index (χ2n) is 12.3. The van der Waals surface area contributed by atoms with Gasteiger partial charge in [-0.3, -0.25) is 14.4 Å². The summed E-state index contributed by atoms with van der Waals surface area (Å²) in [5.74, 6) is -0.549. The van der Waals surface area contributed by atoms with Gasteiger partial charge in [-0.15, -0.1) is 0 Å². The molecule has 7 atom stereocenters. The second-order valence-corrected chi connectivity index (χ2v) is 12.3. The van der Waals surface area contributed by atoms with Crippen LogP contribution in [0, 0.1) is 28.6 Å². The van der Waals surface area contributed by atoms with Gasteiger partial charge in [-0.05, 0) is 85.8 Å². The van der Waals surface area contributed by atoms with E-state index in [1.807, 2.05) is 25.1 Å². The summed E-state index contributed by atoms with van der Waals surface area (Å²) < 4.78 is 5.31. The monoisotopic (exact) mass is 509 g/mol. The van der Waals surface area contributed by atoms with Gasteiger partial charge in [0.25, 0.3) is 0 Å². The number of carbonyl (C=O) groups is 3. The number of aryl methyl sites for hydroxylation is 1. The summed E-state index contributed by atoms with van der Waals surface area (Å²) in [5.41, 5.74) is 5.89. The minimum Gasteiger partial charge on any atom is -0.458 e. The van der Waals surface area contributed by atoms with Gasteiger partial charge >= 0.3 is 5.97 Å². The average Bonchev–Trinajstić information content (AvgIpc) is 3.13. The Morgan fingerprint density at radius 3 is 2.65 bits per heavy atom. The fourth-order valence-electron chi connectivity index (χ4n) is 8.49. The van der Waals surface area contributed by atoms with Crippen molar-refractivity contribution >= 4 is 23.2 Å². The highest BCUT2D eigenvalue weighted by molar-refractivity contribution is 5.92. The summed E-state index contributed by atoms with van der Waals surface area (Å²) >= 11 is 0. The molecule has 4 aliphatic rings. The Hall–Kier alpha value is -2.51. The first kappa shape index (κ1) is 26.1. The molecule has 0 aromatic heterocycles. The van der Waals surface area contributed by atoms with E-state index in [1.165, 1.54) is 0 Å². The predicted molar refractivity (Wildman–Crippen MR) is 138 cm³/mol. The molecular formula is C30H39NO6. The van der Waals surface area contributed by atoms with Crippen LogP contribution in [-0.2, 0) is 25.5 Å². The van der Waals surface area contributed by atoms with Crippen molar-refractivity contribution in [1.82, 2.24) is 0 Å². The number of fused-ring (bicyclic) bond motifs is 5. The van der Waals surface area contributed by atoms with E-state index in [1.54, 1.807) is 12.1 Å². The molecular weight excluding hydrogens is 470 g/mol.